The number of aromatic nitrogens is 4. The quantitative estimate of drug-likeness (QED) is 0.430. The number of hydrogen-bond acceptors (Lipinski definition) is 7. The summed E-state index contributed by atoms with van der Waals surface area (Å²) in [5.74, 6) is 0.859. The second-order valence-electron chi connectivity index (χ2n) is 8.44. The number of benzene rings is 1. The molecule has 0 aliphatic carbocycles. The summed E-state index contributed by atoms with van der Waals surface area (Å²) in [6, 6.07) is 19.2. The van der Waals surface area contributed by atoms with Crippen LogP contribution in [0.2, 0.25) is 0 Å². The number of nitrogens with one attached hydrogen (secondary N) is 1. The van der Waals surface area contributed by atoms with E-state index in [4.69, 9.17) is 0 Å². The number of amides is 1. The number of anilines is 1. The van der Waals surface area contributed by atoms with Crippen LogP contribution in [0.15, 0.2) is 77.2 Å². The first kappa shape index (κ1) is 22.9. The Morgan fingerprint density at radius 2 is 1.83 bits per heavy atom. The number of carbonyl (C=O) groups is 1. The molecule has 4 aromatic rings. The van der Waals surface area contributed by atoms with E-state index in [0.29, 0.717) is 13.1 Å². The van der Waals surface area contributed by atoms with E-state index in [1.807, 2.05) is 53.9 Å². The minimum Gasteiger partial charge on any atom is -0.356 e. The maximum atomic E-state index is 12.7. The summed E-state index contributed by atoms with van der Waals surface area (Å²) >= 11 is 1.58. The summed E-state index contributed by atoms with van der Waals surface area (Å²) in [6.07, 6.45) is 3.10. The first-order chi connectivity index (χ1) is 17.2. The highest BCUT2D eigenvalue weighted by atomic mass is 32.1. The van der Waals surface area contributed by atoms with E-state index in [1.165, 1.54) is 10.7 Å². The van der Waals surface area contributed by atoms with Crippen molar-refractivity contribution >= 4 is 23.1 Å². The Labute approximate surface area is 207 Å². The van der Waals surface area contributed by atoms with E-state index < -0.39 is 0 Å². The van der Waals surface area contributed by atoms with Crippen LogP contribution in [0.1, 0.15) is 12.8 Å². The molecule has 0 spiro atoms. The van der Waals surface area contributed by atoms with Gasteiger partial charge in [-0.1, -0.05) is 36.4 Å². The lowest BCUT2D eigenvalue weighted by molar-refractivity contribution is -0.125. The van der Waals surface area contributed by atoms with Crippen molar-refractivity contribution < 1.29 is 4.79 Å². The Hall–Kier alpha value is -3.85. The number of hydrogen-bond donors (Lipinski definition) is 1. The molecule has 4 heterocycles. The van der Waals surface area contributed by atoms with Crippen LogP contribution < -0.4 is 15.8 Å². The van der Waals surface area contributed by atoms with Crippen molar-refractivity contribution in [2.24, 2.45) is 5.92 Å². The normalized spacial score (nSPS) is 14.1. The van der Waals surface area contributed by atoms with Gasteiger partial charge in [0, 0.05) is 43.2 Å². The average molecular weight is 487 g/mol. The van der Waals surface area contributed by atoms with Crippen LogP contribution in [-0.2, 0) is 11.3 Å². The molecular formula is C26H26N6O2S. The monoisotopic (exact) mass is 486 g/mol. The molecule has 1 aliphatic rings. The van der Waals surface area contributed by atoms with E-state index in [2.05, 4.69) is 25.3 Å². The Kier molecular flexibility index (Phi) is 6.94. The van der Waals surface area contributed by atoms with Crippen molar-refractivity contribution in [1.82, 2.24) is 25.1 Å². The molecule has 1 saturated heterocycles. The van der Waals surface area contributed by atoms with E-state index in [0.717, 1.165) is 53.6 Å². The maximum absolute atomic E-state index is 12.7. The fourth-order valence-electron chi connectivity index (χ4n) is 4.25. The zero-order valence-corrected chi connectivity index (χ0v) is 20.0. The van der Waals surface area contributed by atoms with Crippen molar-refractivity contribution in [3.05, 3.63) is 82.7 Å². The summed E-state index contributed by atoms with van der Waals surface area (Å²) in [7, 11) is 0. The number of nitrogens with zero attached hydrogens (tertiary/aromatic N) is 5. The van der Waals surface area contributed by atoms with Crippen molar-refractivity contribution in [2.45, 2.75) is 19.4 Å². The zero-order valence-electron chi connectivity index (χ0n) is 19.2. The lowest BCUT2D eigenvalue weighted by atomic mass is 9.96. The molecule has 3 aromatic heterocycles. The van der Waals surface area contributed by atoms with Gasteiger partial charge in [0.05, 0.1) is 17.1 Å². The summed E-state index contributed by atoms with van der Waals surface area (Å²) in [6.45, 7) is 2.22. The van der Waals surface area contributed by atoms with Gasteiger partial charge < -0.3 is 10.2 Å². The van der Waals surface area contributed by atoms with Gasteiger partial charge >= 0.3 is 0 Å². The SMILES string of the molecule is O=C(NCCn1nc(-c2cccs2)ccc1=O)C1CCN(c2cc(-c3ccccc3)ncn2)CC1. The van der Waals surface area contributed by atoms with Crippen LogP contribution >= 0.6 is 11.3 Å². The second-order valence-corrected chi connectivity index (χ2v) is 9.38. The van der Waals surface area contributed by atoms with Gasteiger partial charge in [-0.2, -0.15) is 5.10 Å². The van der Waals surface area contributed by atoms with E-state index in [1.54, 1.807) is 23.7 Å². The van der Waals surface area contributed by atoms with Crippen LogP contribution in [-0.4, -0.2) is 45.3 Å². The Balaban J connectivity index is 1.13. The van der Waals surface area contributed by atoms with Gasteiger partial charge in [0.15, 0.2) is 0 Å². The third-order valence-corrected chi connectivity index (χ3v) is 7.07. The highest BCUT2D eigenvalue weighted by molar-refractivity contribution is 7.13. The molecule has 0 atom stereocenters. The molecule has 0 unspecified atom stereocenters. The van der Waals surface area contributed by atoms with Gasteiger partial charge in [-0.15, -0.1) is 11.3 Å². The summed E-state index contributed by atoms with van der Waals surface area (Å²) in [5, 5.41) is 9.41. The van der Waals surface area contributed by atoms with Crippen LogP contribution in [0.25, 0.3) is 21.8 Å². The van der Waals surface area contributed by atoms with Crippen molar-refractivity contribution in [3.8, 4) is 21.8 Å². The molecular weight excluding hydrogens is 460 g/mol. The Bertz CT molecular complexity index is 1330. The lowest BCUT2D eigenvalue weighted by Crippen LogP contribution is -2.42. The van der Waals surface area contributed by atoms with Crippen molar-refractivity contribution in [1.29, 1.82) is 0 Å². The zero-order chi connectivity index (χ0) is 24.0. The fourth-order valence-corrected chi connectivity index (χ4v) is 4.94. The highest BCUT2D eigenvalue weighted by Crippen LogP contribution is 2.25. The average Bonchev–Trinajstić information content (AvgIpc) is 3.46. The molecule has 1 aromatic carbocycles. The first-order valence-electron chi connectivity index (χ1n) is 11.7. The topological polar surface area (TPSA) is 93.0 Å². The molecule has 1 amide bonds. The molecule has 35 heavy (non-hydrogen) atoms. The molecule has 0 radical (unpaired) electrons. The molecule has 8 nitrogen and oxygen atoms in total. The highest BCUT2D eigenvalue weighted by Gasteiger charge is 2.25. The molecule has 1 fully saturated rings. The van der Waals surface area contributed by atoms with Crippen LogP contribution in [0.4, 0.5) is 5.82 Å². The van der Waals surface area contributed by atoms with Gasteiger partial charge in [0.1, 0.15) is 17.8 Å². The Morgan fingerprint density at radius 1 is 1.00 bits per heavy atom. The molecule has 5 rings (SSSR count). The number of thiophene rings is 1. The molecule has 178 valence electrons. The van der Waals surface area contributed by atoms with Gasteiger partial charge in [0.2, 0.25) is 5.91 Å². The molecule has 9 heteroatoms. The third-order valence-electron chi connectivity index (χ3n) is 6.18. The summed E-state index contributed by atoms with van der Waals surface area (Å²) < 4.78 is 1.41. The predicted molar refractivity (Wildman–Crippen MR) is 137 cm³/mol. The summed E-state index contributed by atoms with van der Waals surface area (Å²) in [4.78, 5) is 37.0. The van der Waals surface area contributed by atoms with Crippen molar-refractivity contribution in [3.63, 3.8) is 0 Å². The lowest BCUT2D eigenvalue weighted by Gasteiger charge is -2.32. The van der Waals surface area contributed by atoms with E-state index in [-0.39, 0.29) is 17.4 Å². The molecule has 0 bridgehead atoms. The number of piperidine rings is 1. The van der Waals surface area contributed by atoms with Crippen LogP contribution in [0.5, 0.6) is 0 Å². The third kappa shape index (κ3) is 5.46. The maximum Gasteiger partial charge on any atom is 0.266 e. The van der Waals surface area contributed by atoms with Gasteiger partial charge in [0.25, 0.3) is 5.56 Å². The van der Waals surface area contributed by atoms with Crippen LogP contribution in [0.3, 0.4) is 0 Å². The smallest absolute Gasteiger partial charge is 0.266 e. The van der Waals surface area contributed by atoms with Gasteiger partial charge in [-0.3, -0.25) is 9.59 Å². The molecule has 1 aliphatic heterocycles. The first-order valence-corrected chi connectivity index (χ1v) is 12.6. The standard InChI is InChI=1S/C26H26N6O2S/c33-25-9-8-21(23-7-4-16-35-23)30-32(25)15-12-27-26(34)20-10-13-31(14-11-20)24-17-22(28-18-29-24)19-5-2-1-3-6-19/h1-9,16-18,20H,10-15H2,(H,27,34). The minimum atomic E-state index is -0.174. The minimum absolute atomic E-state index is 0.0276. The molecule has 1 N–H and O–H groups in total. The number of carbonyl (C=O) groups excluding carboxylic acids is 1. The predicted octanol–water partition coefficient (Wildman–Crippen LogP) is 3.46. The Morgan fingerprint density at radius 3 is 2.60 bits per heavy atom. The van der Waals surface area contributed by atoms with E-state index in [9.17, 15) is 9.59 Å². The fraction of sp³-hybridized carbons (Fsp3) is 0.269. The molecule has 0 saturated carbocycles. The number of rotatable bonds is 7. The van der Waals surface area contributed by atoms with Crippen LogP contribution in [0, 0.1) is 5.92 Å². The second kappa shape index (κ2) is 10.6. The largest absolute Gasteiger partial charge is 0.356 e. The van der Waals surface area contributed by atoms with Crippen molar-refractivity contribution in [2.75, 3.05) is 24.5 Å². The van der Waals surface area contributed by atoms with E-state index >= 15 is 0 Å². The van der Waals surface area contributed by atoms with Gasteiger partial charge in [-0.25, -0.2) is 14.6 Å². The van der Waals surface area contributed by atoms with Gasteiger partial charge in [-0.05, 0) is 30.4 Å². The summed E-state index contributed by atoms with van der Waals surface area (Å²) in [5.41, 5.74) is 2.54.